The maximum Gasteiger partial charge on any atom is 0.231 e. The van der Waals surface area contributed by atoms with Gasteiger partial charge in [0.05, 0.1) is 18.1 Å². The van der Waals surface area contributed by atoms with Crippen LogP contribution in [0.1, 0.15) is 44.5 Å². The monoisotopic (exact) mass is 391 g/mol. The van der Waals surface area contributed by atoms with E-state index in [0.29, 0.717) is 17.1 Å². The zero-order valence-electron chi connectivity index (χ0n) is 16.9. The number of hydrogen-bond acceptors (Lipinski definition) is 5. The summed E-state index contributed by atoms with van der Waals surface area (Å²) in [6.07, 6.45) is 0.0375. The Labute approximate surface area is 161 Å². The van der Waals surface area contributed by atoms with Crippen molar-refractivity contribution in [1.29, 1.82) is 0 Å². The number of carbonyl (C=O) groups is 2. The number of amides is 1. The topological polar surface area (TPSA) is 73.9 Å². The zero-order valence-corrected chi connectivity index (χ0v) is 17.9. The summed E-state index contributed by atoms with van der Waals surface area (Å²) in [5, 5.41) is 2.94. The molecule has 0 unspecified atom stereocenters. The molecule has 0 aromatic heterocycles. The van der Waals surface area contributed by atoms with E-state index in [2.05, 4.69) is 39.2 Å². The van der Waals surface area contributed by atoms with Gasteiger partial charge in [0.2, 0.25) is 12.7 Å². The SMILES string of the molecule is C[C@@H](O[Si](C)(C)C(C)(C)C)[C@H]1C(=O)N[C@@H]1CC(=O)c1ccc2c(c1)OCO2. The lowest BCUT2D eigenvalue weighted by Crippen LogP contribution is -2.64. The molecule has 7 heteroatoms. The maximum absolute atomic E-state index is 12.7. The number of ether oxygens (including phenoxy) is 2. The molecule has 1 aromatic rings. The van der Waals surface area contributed by atoms with Crippen LogP contribution in [0.4, 0.5) is 0 Å². The smallest absolute Gasteiger partial charge is 0.231 e. The van der Waals surface area contributed by atoms with Crippen LogP contribution in [-0.4, -0.2) is 38.9 Å². The number of carbonyl (C=O) groups excluding carboxylic acids is 2. The van der Waals surface area contributed by atoms with E-state index >= 15 is 0 Å². The highest BCUT2D eigenvalue weighted by molar-refractivity contribution is 6.74. The fourth-order valence-electron chi connectivity index (χ4n) is 3.28. The van der Waals surface area contributed by atoms with E-state index in [-0.39, 0.29) is 48.0 Å². The molecule has 6 nitrogen and oxygen atoms in total. The fourth-order valence-corrected chi connectivity index (χ4v) is 4.71. The predicted molar refractivity (Wildman–Crippen MR) is 105 cm³/mol. The minimum atomic E-state index is -1.98. The first-order valence-electron chi connectivity index (χ1n) is 9.40. The Bertz CT molecular complexity index is 755. The van der Waals surface area contributed by atoms with Gasteiger partial charge < -0.3 is 19.2 Å². The van der Waals surface area contributed by atoms with Crippen LogP contribution >= 0.6 is 0 Å². The Balaban J connectivity index is 1.65. The van der Waals surface area contributed by atoms with Crippen molar-refractivity contribution in [3.8, 4) is 11.5 Å². The van der Waals surface area contributed by atoms with Crippen molar-refractivity contribution in [2.45, 2.75) is 64.4 Å². The number of fused-ring (bicyclic) bond motifs is 1. The van der Waals surface area contributed by atoms with Crippen LogP contribution in [0.5, 0.6) is 11.5 Å². The van der Waals surface area contributed by atoms with Gasteiger partial charge in [0.1, 0.15) is 0 Å². The summed E-state index contributed by atoms with van der Waals surface area (Å²) in [5.74, 6) is 0.882. The van der Waals surface area contributed by atoms with E-state index in [0.717, 1.165) is 0 Å². The van der Waals surface area contributed by atoms with Gasteiger partial charge in [0.15, 0.2) is 25.6 Å². The van der Waals surface area contributed by atoms with Gasteiger partial charge in [0, 0.05) is 12.0 Å². The van der Waals surface area contributed by atoms with Crippen LogP contribution in [0, 0.1) is 5.92 Å². The average molecular weight is 392 g/mol. The van der Waals surface area contributed by atoms with Crippen LogP contribution < -0.4 is 14.8 Å². The van der Waals surface area contributed by atoms with Crippen LogP contribution in [0.25, 0.3) is 0 Å². The summed E-state index contributed by atoms with van der Waals surface area (Å²) in [5.41, 5.74) is 0.567. The molecule has 3 rings (SSSR count). The van der Waals surface area contributed by atoms with Gasteiger partial charge in [-0.3, -0.25) is 9.59 Å². The molecule has 148 valence electrons. The fraction of sp³-hybridized carbons (Fsp3) is 0.600. The first kappa shape index (κ1) is 19.9. The van der Waals surface area contributed by atoms with Crippen molar-refractivity contribution in [2.24, 2.45) is 5.92 Å². The quantitative estimate of drug-likeness (QED) is 0.456. The Morgan fingerprint density at radius 2 is 1.96 bits per heavy atom. The van der Waals surface area contributed by atoms with E-state index in [1.54, 1.807) is 18.2 Å². The van der Waals surface area contributed by atoms with Crippen molar-refractivity contribution in [3.05, 3.63) is 23.8 Å². The minimum Gasteiger partial charge on any atom is -0.454 e. The van der Waals surface area contributed by atoms with Crippen molar-refractivity contribution in [3.63, 3.8) is 0 Å². The molecule has 0 saturated carbocycles. The van der Waals surface area contributed by atoms with Gasteiger partial charge in [-0.2, -0.15) is 0 Å². The molecule has 2 aliphatic rings. The largest absolute Gasteiger partial charge is 0.454 e. The second kappa shape index (κ2) is 6.94. The lowest BCUT2D eigenvalue weighted by Gasteiger charge is -2.45. The minimum absolute atomic E-state index is 0.0252. The molecule has 0 aliphatic carbocycles. The molecular formula is C20H29NO5Si. The van der Waals surface area contributed by atoms with E-state index < -0.39 is 8.32 Å². The molecule has 0 spiro atoms. The lowest BCUT2D eigenvalue weighted by molar-refractivity contribution is -0.139. The van der Waals surface area contributed by atoms with Gasteiger partial charge in [-0.25, -0.2) is 0 Å². The van der Waals surface area contributed by atoms with Crippen LogP contribution in [-0.2, 0) is 9.22 Å². The van der Waals surface area contributed by atoms with Crippen LogP contribution in [0.3, 0.4) is 0 Å². The van der Waals surface area contributed by atoms with Gasteiger partial charge in [-0.1, -0.05) is 20.8 Å². The summed E-state index contributed by atoms with van der Waals surface area (Å²) in [6.45, 7) is 13.0. The highest BCUT2D eigenvalue weighted by Gasteiger charge is 2.47. The zero-order chi connectivity index (χ0) is 20.0. The third-order valence-electron chi connectivity index (χ3n) is 5.96. The van der Waals surface area contributed by atoms with Crippen molar-refractivity contribution >= 4 is 20.0 Å². The van der Waals surface area contributed by atoms with E-state index in [1.807, 2.05) is 6.92 Å². The number of ketones is 1. The number of β-lactam (4-membered cyclic amide) rings is 1. The van der Waals surface area contributed by atoms with E-state index in [1.165, 1.54) is 0 Å². The summed E-state index contributed by atoms with van der Waals surface area (Å²) in [7, 11) is -1.98. The second-order valence-corrected chi connectivity index (χ2v) is 13.7. The number of rotatable bonds is 6. The average Bonchev–Trinajstić information content (AvgIpc) is 2.99. The molecular weight excluding hydrogens is 362 g/mol. The van der Waals surface area contributed by atoms with Gasteiger partial charge in [0.25, 0.3) is 0 Å². The first-order valence-corrected chi connectivity index (χ1v) is 12.3. The van der Waals surface area contributed by atoms with Crippen molar-refractivity contribution < 1.29 is 23.5 Å². The molecule has 27 heavy (non-hydrogen) atoms. The number of hydrogen-bond donors (Lipinski definition) is 1. The number of benzene rings is 1. The summed E-state index contributed by atoms with van der Waals surface area (Å²) in [4.78, 5) is 24.9. The molecule has 2 aliphatic heterocycles. The molecule has 1 saturated heterocycles. The van der Waals surface area contributed by atoms with Gasteiger partial charge in [-0.15, -0.1) is 0 Å². The molecule has 0 bridgehead atoms. The third-order valence-corrected chi connectivity index (χ3v) is 10.5. The van der Waals surface area contributed by atoms with Crippen LogP contribution in [0.15, 0.2) is 18.2 Å². The molecule has 2 heterocycles. The van der Waals surface area contributed by atoms with Crippen LogP contribution in [0.2, 0.25) is 18.1 Å². The summed E-state index contributed by atoms with van der Waals surface area (Å²) < 4.78 is 17.0. The Kier molecular flexibility index (Phi) is 5.11. The van der Waals surface area contributed by atoms with Gasteiger partial charge >= 0.3 is 0 Å². The molecule has 1 fully saturated rings. The van der Waals surface area contributed by atoms with Crippen molar-refractivity contribution in [2.75, 3.05) is 6.79 Å². The normalized spacial score (nSPS) is 22.8. The standard InChI is InChI=1S/C20H29NO5Si/c1-12(26-27(5,6)20(2,3)4)18-14(21-19(18)23)10-15(22)13-7-8-16-17(9-13)25-11-24-16/h7-9,12,14,18H,10-11H2,1-6H3,(H,21,23)/t12-,14-,18-/m1/s1. The molecule has 1 amide bonds. The molecule has 3 atom stereocenters. The highest BCUT2D eigenvalue weighted by atomic mass is 28.4. The van der Waals surface area contributed by atoms with E-state index in [9.17, 15) is 9.59 Å². The third kappa shape index (κ3) is 3.89. The van der Waals surface area contributed by atoms with Gasteiger partial charge in [-0.05, 0) is 43.3 Å². The number of nitrogens with one attached hydrogen (secondary N) is 1. The maximum atomic E-state index is 12.7. The van der Waals surface area contributed by atoms with Crippen molar-refractivity contribution in [1.82, 2.24) is 5.32 Å². The molecule has 0 radical (unpaired) electrons. The second-order valence-electron chi connectivity index (χ2n) is 8.92. The lowest BCUT2D eigenvalue weighted by atomic mass is 9.82. The molecule has 1 N–H and O–H groups in total. The Morgan fingerprint density at radius 3 is 2.59 bits per heavy atom. The summed E-state index contributed by atoms with van der Waals surface area (Å²) >= 11 is 0. The Hall–Kier alpha value is -1.86. The number of Topliss-reactive ketones (excluding diaryl/α,β-unsaturated/α-hetero) is 1. The summed E-state index contributed by atoms with van der Waals surface area (Å²) in [6, 6.07) is 4.99. The highest BCUT2D eigenvalue weighted by Crippen LogP contribution is 2.39. The molecule has 1 aromatic carbocycles. The first-order chi connectivity index (χ1) is 12.5. The Morgan fingerprint density at radius 1 is 1.30 bits per heavy atom. The predicted octanol–water partition coefficient (Wildman–Crippen LogP) is 3.51. The van der Waals surface area contributed by atoms with E-state index in [4.69, 9.17) is 13.9 Å².